The standard InChI is InChI=1S/C17H21N3O4/c1-3-23-14-6-4-12(5-7-14)9-13(16(18)21)10-19-17(22)15-8-11(2)20-24-15/h4-8,13H,3,9-10H2,1-2H3,(H2,18,21)(H,19,22)/t13-/m1/s1. The van der Waals surface area contributed by atoms with Gasteiger partial charge in [0, 0.05) is 12.6 Å². The molecule has 0 fully saturated rings. The van der Waals surface area contributed by atoms with Crippen LogP contribution < -0.4 is 15.8 Å². The average Bonchev–Trinajstić information content (AvgIpc) is 2.99. The number of nitrogens with two attached hydrogens (primary N) is 1. The molecular formula is C17H21N3O4. The second kappa shape index (κ2) is 8.14. The number of amides is 2. The van der Waals surface area contributed by atoms with Crippen LogP contribution in [0, 0.1) is 12.8 Å². The lowest BCUT2D eigenvalue weighted by Crippen LogP contribution is -2.37. The van der Waals surface area contributed by atoms with Crippen LogP contribution in [0.4, 0.5) is 0 Å². The Labute approximate surface area is 140 Å². The number of rotatable bonds is 8. The molecular weight excluding hydrogens is 310 g/mol. The second-order valence-corrected chi connectivity index (χ2v) is 5.42. The first-order valence-electron chi connectivity index (χ1n) is 7.72. The Balaban J connectivity index is 1.94. The van der Waals surface area contributed by atoms with Gasteiger partial charge in [-0.25, -0.2) is 0 Å². The second-order valence-electron chi connectivity index (χ2n) is 5.42. The number of nitrogens with one attached hydrogen (secondary N) is 1. The normalized spacial score (nSPS) is 11.8. The predicted octanol–water partition coefficient (Wildman–Crippen LogP) is 1.46. The van der Waals surface area contributed by atoms with Crippen LogP contribution in [0.5, 0.6) is 5.75 Å². The summed E-state index contributed by atoms with van der Waals surface area (Å²) in [6, 6.07) is 8.96. The fourth-order valence-electron chi connectivity index (χ4n) is 2.22. The first-order chi connectivity index (χ1) is 11.5. The van der Waals surface area contributed by atoms with E-state index in [0.29, 0.717) is 18.7 Å². The number of aryl methyl sites for hydroxylation is 1. The summed E-state index contributed by atoms with van der Waals surface area (Å²) >= 11 is 0. The van der Waals surface area contributed by atoms with E-state index in [-0.39, 0.29) is 12.3 Å². The lowest BCUT2D eigenvalue weighted by atomic mass is 9.98. The molecule has 128 valence electrons. The number of benzene rings is 1. The van der Waals surface area contributed by atoms with Crippen LogP contribution in [0.1, 0.15) is 28.7 Å². The third-order valence-corrected chi connectivity index (χ3v) is 3.48. The molecule has 2 amide bonds. The Morgan fingerprint density at radius 1 is 1.33 bits per heavy atom. The van der Waals surface area contributed by atoms with Gasteiger partial charge in [0.15, 0.2) is 0 Å². The van der Waals surface area contributed by atoms with Gasteiger partial charge in [0.2, 0.25) is 11.7 Å². The molecule has 1 atom stereocenters. The molecule has 0 unspecified atom stereocenters. The quantitative estimate of drug-likeness (QED) is 0.761. The van der Waals surface area contributed by atoms with Crippen LogP contribution in [0.15, 0.2) is 34.9 Å². The Bertz CT molecular complexity index is 694. The van der Waals surface area contributed by atoms with E-state index in [4.69, 9.17) is 15.0 Å². The molecule has 24 heavy (non-hydrogen) atoms. The third-order valence-electron chi connectivity index (χ3n) is 3.48. The molecule has 0 spiro atoms. The molecule has 1 heterocycles. The monoisotopic (exact) mass is 331 g/mol. The third kappa shape index (κ3) is 4.84. The topological polar surface area (TPSA) is 107 Å². The summed E-state index contributed by atoms with van der Waals surface area (Å²) in [5.74, 6) is -0.537. The number of hydrogen-bond donors (Lipinski definition) is 2. The zero-order valence-corrected chi connectivity index (χ0v) is 13.7. The van der Waals surface area contributed by atoms with E-state index in [0.717, 1.165) is 11.3 Å². The van der Waals surface area contributed by atoms with Crippen molar-refractivity contribution >= 4 is 11.8 Å². The van der Waals surface area contributed by atoms with E-state index in [1.54, 1.807) is 6.92 Å². The maximum Gasteiger partial charge on any atom is 0.289 e. The first-order valence-corrected chi connectivity index (χ1v) is 7.72. The van der Waals surface area contributed by atoms with Gasteiger partial charge in [-0.2, -0.15) is 0 Å². The molecule has 0 bridgehead atoms. The maximum absolute atomic E-state index is 11.9. The van der Waals surface area contributed by atoms with E-state index < -0.39 is 17.7 Å². The summed E-state index contributed by atoms with van der Waals surface area (Å²) in [6.45, 7) is 4.35. The zero-order chi connectivity index (χ0) is 17.5. The van der Waals surface area contributed by atoms with E-state index >= 15 is 0 Å². The van der Waals surface area contributed by atoms with E-state index in [9.17, 15) is 9.59 Å². The highest BCUT2D eigenvalue weighted by Gasteiger charge is 2.19. The molecule has 0 radical (unpaired) electrons. The fraction of sp³-hybridized carbons (Fsp3) is 0.353. The summed E-state index contributed by atoms with van der Waals surface area (Å²) < 4.78 is 10.3. The Hall–Kier alpha value is -2.83. The number of hydrogen-bond acceptors (Lipinski definition) is 5. The summed E-state index contributed by atoms with van der Waals surface area (Å²) in [4.78, 5) is 23.6. The molecule has 2 rings (SSSR count). The van der Waals surface area contributed by atoms with Crippen LogP contribution in [0.25, 0.3) is 0 Å². The molecule has 0 saturated carbocycles. The Morgan fingerprint density at radius 3 is 2.58 bits per heavy atom. The first kappa shape index (κ1) is 17.5. The smallest absolute Gasteiger partial charge is 0.289 e. The summed E-state index contributed by atoms with van der Waals surface area (Å²) in [5, 5.41) is 6.30. The maximum atomic E-state index is 11.9. The molecule has 1 aromatic carbocycles. The van der Waals surface area contributed by atoms with Crippen molar-refractivity contribution in [1.29, 1.82) is 0 Å². The van der Waals surface area contributed by atoms with Crippen molar-refractivity contribution in [2.24, 2.45) is 11.7 Å². The van der Waals surface area contributed by atoms with Gasteiger partial charge >= 0.3 is 0 Å². The van der Waals surface area contributed by atoms with Crippen LogP contribution in [-0.2, 0) is 11.2 Å². The van der Waals surface area contributed by atoms with Crippen LogP contribution >= 0.6 is 0 Å². The van der Waals surface area contributed by atoms with Gasteiger partial charge in [0.05, 0.1) is 18.2 Å². The number of primary amides is 1. The molecule has 0 aliphatic heterocycles. The van der Waals surface area contributed by atoms with Crippen molar-refractivity contribution in [3.8, 4) is 5.75 Å². The summed E-state index contributed by atoms with van der Waals surface area (Å²) in [6.07, 6.45) is 0.428. The van der Waals surface area contributed by atoms with Gasteiger partial charge in [0.1, 0.15) is 5.75 Å². The van der Waals surface area contributed by atoms with Gasteiger partial charge < -0.3 is 20.3 Å². The minimum absolute atomic E-state index is 0.108. The molecule has 2 aromatic rings. The average molecular weight is 331 g/mol. The van der Waals surface area contributed by atoms with Crippen molar-refractivity contribution in [1.82, 2.24) is 10.5 Å². The number of aromatic nitrogens is 1. The van der Waals surface area contributed by atoms with E-state index in [2.05, 4.69) is 10.5 Å². The molecule has 0 saturated heterocycles. The van der Waals surface area contributed by atoms with Gasteiger partial charge in [-0.05, 0) is 38.0 Å². The number of nitrogens with zero attached hydrogens (tertiary/aromatic N) is 1. The van der Waals surface area contributed by atoms with Gasteiger partial charge in [-0.15, -0.1) is 0 Å². The Morgan fingerprint density at radius 2 is 2.04 bits per heavy atom. The van der Waals surface area contributed by atoms with Gasteiger partial charge in [0.25, 0.3) is 5.91 Å². The molecule has 1 aromatic heterocycles. The largest absolute Gasteiger partial charge is 0.494 e. The van der Waals surface area contributed by atoms with Crippen molar-refractivity contribution in [2.45, 2.75) is 20.3 Å². The highest BCUT2D eigenvalue weighted by Crippen LogP contribution is 2.15. The minimum Gasteiger partial charge on any atom is -0.494 e. The lowest BCUT2D eigenvalue weighted by Gasteiger charge is -2.14. The number of ether oxygens (including phenoxy) is 1. The lowest BCUT2D eigenvalue weighted by molar-refractivity contribution is -0.121. The summed E-state index contributed by atoms with van der Waals surface area (Å²) in [7, 11) is 0. The Kier molecular flexibility index (Phi) is 5.95. The minimum atomic E-state index is -0.518. The van der Waals surface area contributed by atoms with Crippen molar-refractivity contribution in [3.05, 3.63) is 47.3 Å². The number of carbonyl (C=O) groups excluding carboxylic acids is 2. The van der Waals surface area contributed by atoms with Gasteiger partial charge in [-0.3, -0.25) is 9.59 Å². The molecule has 7 heteroatoms. The van der Waals surface area contributed by atoms with Crippen molar-refractivity contribution in [2.75, 3.05) is 13.2 Å². The van der Waals surface area contributed by atoms with E-state index in [1.165, 1.54) is 6.07 Å². The highest BCUT2D eigenvalue weighted by atomic mass is 16.5. The van der Waals surface area contributed by atoms with Crippen molar-refractivity contribution < 1.29 is 18.8 Å². The summed E-state index contributed by atoms with van der Waals surface area (Å²) in [5.41, 5.74) is 6.99. The fourth-order valence-corrected chi connectivity index (χ4v) is 2.22. The molecule has 0 aliphatic rings. The predicted molar refractivity (Wildman–Crippen MR) is 87.6 cm³/mol. The van der Waals surface area contributed by atoms with Crippen molar-refractivity contribution in [3.63, 3.8) is 0 Å². The molecule has 0 aliphatic carbocycles. The van der Waals surface area contributed by atoms with Crippen LogP contribution in [0.2, 0.25) is 0 Å². The van der Waals surface area contributed by atoms with Gasteiger partial charge in [-0.1, -0.05) is 17.3 Å². The van der Waals surface area contributed by atoms with Crippen LogP contribution in [-0.4, -0.2) is 30.1 Å². The highest BCUT2D eigenvalue weighted by molar-refractivity contribution is 5.91. The number of carbonyl (C=O) groups is 2. The molecule has 7 nitrogen and oxygen atoms in total. The van der Waals surface area contributed by atoms with Crippen LogP contribution in [0.3, 0.4) is 0 Å². The SMILES string of the molecule is CCOc1ccc(C[C@H](CNC(=O)c2cc(C)no2)C(N)=O)cc1. The van der Waals surface area contributed by atoms with E-state index in [1.807, 2.05) is 31.2 Å². The zero-order valence-electron chi connectivity index (χ0n) is 13.7. The molecule has 3 N–H and O–H groups in total.